The molecule has 0 aliphatic rings. The van der Waals surface area contributed by atoms with E-state index in [4.69, 9.17) is 4.42 Å². The Hall–Kier alpha value is -3.14. The normalized spacial score (nSPS) is 11.2. The summed E-state index contributed by atoms with van der Waals surface area (Å²) in [6, 6.07) is 18.8. The van der Waals surface area contributed by atoms with E-state index < -0.39 is 4.92 Å². The van der Waals surface area contributed by atoms with Crippen LogP contribution in [0.25, 0.3) is 32.9 Å². The number of hydrogen-bond donors (Lipinski definition) is 0. The number of nitro benzene ring substituents is 1. The molecule has 4 rings (SSSR count). The summed E-state index contributed by atoms with van der Waals surface area (Å²) < 4.78 is 6.01. The van der Waals surface area contributed by atoms with E-state index >= 15 is 0 Å². The summed E-state index contributed by atoms with van der Waals surface area (Å²) in [6.45, 7) is 1.92. The summed E-state index contributed by atoms with van der Waals surface area (Å²) >= 11 is 0. The molecule has 0 amide bonds. The highest BCUT2D eigenvalue weighted by atomic mass is 16.6. The highest BCUT2D eigenvalue weighted by Gasteiger charge is 2.16. The van der Waals surface area contributed by atoms with Gasteiger partial charge in [-0.15, -0.1) is 0 Å². The Kier molecular flexibility index (Phi) is 2.91. The smallest absolute Gasteiger partial charge is 0.269 e. The molecule has 1 heterocycles. The second-order valence-corrected chi connectivity index (χ2v) is 5.50. The number of hydrogen-bond acceptors (Lipinski definition) is 3. The van der Waals surface area contributed by atoms with Gasteiger partial charge in [0.05, 0.1) is 4.92 Å². The van der Waals surface area contributed by atoms with Crippen LogP contribution in [0.5, 0.6) is 0 Å². The Morgan fingerprint density at radius 3 is 2.39 bits per heavy atom. The fourth-order valence-electron chi connectivity index (χ4n) is 3.05. The van der Waals surface area contributed by atoms with Crippen LogP contribution in [-0.2, 0) is 0 Å². The minimum Gasteiger partial charge on any atom is -0.460 e. The fraction of sp³-hybridized carbons (Fsp3) is 0.0526. The summed E-state index contributed by atoms with van der Waals surface area (Å²) in [6.07, 6.45) is 0. The largest absolute Gasteiger partial charge is 0.460 e. The SMILES string of the molecule is Cc1oc2c(ccc3ccccc32)c1-c1ccc([N+](=O)[O-])cc1. The number of furan rings is 1. The molecule has 0 aliphatic heterocycles. The van der Waals surface area contributed by atoms with Gasteiger partial charge in [-0.05, 0) is 36.1 Å². The maximum absolute atomic E-state index is 10.8. The van der Waals surface area contributed by atoms with Crippen molar-refractivity contribution in [1.82, 2.24) is 0 Å². The average Bonchev–Trinajstić information content (AvgIpc) is 2.91. The molecule has 0 aliphatic carbocycles. The Morgan fingerprint density at radius 1 is 0.913 bits per heavy atom. The lowest BCUT2D eigenvalue weighted by Gasteiger charge is -2.01. The van der Waals surface area contributed by atoms with Gasteiger partial charge in [0.2, 0.25) is 0 Å². The number of non-ortho nitro benzene ring substituents is 1. The average molecular weight is 303 g/mol. The molecular formula is C19H13NO3. The van der Waals surface area contributed by atoms with E-state index in [9.17, 15) is 10.1 Å². The van der Waals surface area contributed by atoms with Crippen LogP contribution in [0.15, 0.2) is 65.1 Å². The highest BCUT2D eigenvalue weighted by molar-refractivity contribution is 6.10. The van der Waals surface area contributed by atoms with Gasteiger partial charge in [-0.2, -0.15) is 0 Å². The Morgan fingerprint density at radius 2 is 1.65 bits per heavy atom. The molecule has 1 aromatic heterocycles. The van der Waals surface area contributed by atoms with Gasteiger partial charge in [0.15, 0.2) is 0 Å². The van der Waals surface area contributed by atoms with Gasteiger partial charge in [-0.1, -0.05) is 30.3 Å². The van der Waals surface area contributed by atoms with Crippen LogP contribution in [0, 0.1) is 17.0 Å². The first-order valence-electron chi connectivity index (χ1n) is 7.31. The first-order valence-corrected chi connectivity index (χ1v) is 7.31. The molecule has 0 unspecified atom stereocenters. The summed E-state index contributed by atoms with van der Waals surface area (Å²) in [4.78, 5) is 10.4. The highest BCUT2D eigenvalue weighted by Crippen LogP contribution is 2.38. The lowest BCUT2D eigenvalue weighted by Crippen LogP contribution is -1.87. The molecule has 0 saturated heterocycles. The Labute approximate surface area is 132 Å². The third kappa shape index (κ3) is 2.07. The van der Waals surface area contributed by atoms with Crippen LogP contribution in [0.1, 0.15) is 5.76 Å². The van der Waals surface area contributed by atoms with E-state index in [-0.39, 0.29) is 5.69 Å². The number of rotatable bonds is 2. The zero-order valence-electron chi connectivity index (χ0n) is 12.4. The van der Waals surface area contributed by atoms with E-state index in [1.165, 1.54) is 12.1 Å². The lowest BCUT2D eigenvalue weighted by molar-refractivity contribution is -0.384. The zero-order valence-corrected chi connectivity index (χ0v) is 12.4. The number of aryl methyl sites for hydroxylation is 1. The Bertz CT molecular complexity index is 1050. The van der Waals surface area contributed by atoms with Crippen LogP contribution in [0.3, 0.4) is 0 Å². The molecule has 4 nitrogen and oxygen atoms in total. The second-order valence-electron chi connectivity index (χ2n) is 5.50. The van der Waals surface area contributed by atoms with Crippen molar-refractivity contribution in [1.29, 1.82) is 0 Å². The van der Waals surface area contributed by atoms with Gasteiger partial charge >= 0.3 is 0 Å². The Balaban J connectivity index is 1.98. The van der Waals surface area contributed by atoms with Crippen LogP contribution in [0.2, 0.25) is 0 Å². The molecule has 112 valence electrons. The molecule has 0 N–H and O–H groups in total. The molecule has 23 heavy (non-hydrogen) atoms. The topological polar surface area (TPSA) is 56.3 Å². The maximum atomic E-state index is 10.8. The second kappa shape index (κ2) is 4.95. The van der Waals surface area contributed by atoms with Crippen molar-refractivity contribution < 1.29 is 9.34 Å². The van der Waals surface area contributed by atoms with E-state index in [1.807, 2.05) is 31.2 Å². The predicted octanol–water partition coefficient (Wildman–Crippen LogP) is 5.47. The van der Waals surface area contributed by atoms with Gasteiger partial charge in [-0.3, -0.25) is 10.1 Å². The van der Waals surface area contributed by atoms with Crippen molar-refractivity contribution in [3.63, 3.8) is 0 Å². The molecule has 4 heteroatoms. The molecule has 3 aromatic carbocycles. The van der Waals surface area contributed by atoms with Crippen LogP contribution in [0.4, 0.5) is 5.69 Å². The number of nitrogens with zero attached hydrogens (tertiary/aromatic N) is 1. The molecule has 4 aromatic rings. The van der Waals surface area contributed by atoms with E-state index in [0.717, 1.165) is 38.6 Å². The lowest BCUT2D eigenvalue weighted by atomic mass is 10.00. The fourth-order valence-corrected chi connectivity index (χ4v) is 3.05. The van der Waals surface area contributed by atoms with Crippen LogP contribution >= 0.6 is 0 Å². The van der Waals surface area contributed by atoms with Gasteiger partial charge < -0.3 is 4.42 Å². The van der Waals surface area contributed by atoms with Crippen LogP contribution < -0.4 is 0 Å². The first-order chi connectivity index (χ1) is 11.1. The van der Waals surface area contributed by atoms with Crippen LogP contribution in [-0.4, -0.2) is 4.92 Å². The third-order valence-electron chi connectivity index (χ3n) is 4.12. The maximum Gasteiger partial charge on any atom is 0.269 e. The summed E-state index contributed by atoms with van der Waals surface area (Å²) in [7, 11) is 0. The monoisotopic (exact) mass is 303 g/mol. The summed E-state index contributed by atoms with van der Waals surface area (Å²) in [5, 5.41) is 14.0. The summed E-state index contributed by atoms with van der Waals surface area (Å²) in [5.41, 5.74) is 2.85. The predicted molar refractivity (Wildman–Crippen MR) is 90.5 cm³/mol. The molecule has 0 radical (unpaired) electrons. The van der Waals surface area contributed by atoms with E-state index in [0.29, 0.717) is 0 Å². The minimum atomic E-state index is -0.391. The zero-order chi connectivity index (χ0) is 16.0. The number of benzene rings is 3. The molecule has 0 spiro atoms. The van der Waals surface area contributed by atoms with Crippen molar-refractivity contribution in [2.75, 3.05) is 0 Å². The minimum absolute atomic E-state index is 0.0876. The number of fused-ring (bicyclic) bond motifs is 3. The standard InChI is InChI=1S/C19H13NO3/c1-12-18(14-6-9-15(10-7-14)20(21)22)17-11-8-13-4-2-3-5-16(13)19(17)23-12/h2-11H,1H3. The first kappa shape index (κ1) is 13.5. The molecule has 0 fully saturated rings. The quantitative estimate of drug-likeness (QED) is 0.364. The molecular weight excluding hydrogens is 290 g/mol. The van der Waals surface area contributed by atoms with Crippen molar-refractivity contribution >= 4 is 27.4 Å². The number of nitro groups is 1. The van der Waals surface area contributed by atoms with Crippen molar-refractivity contribution in [3.8, 4) is 11.1 Å². The molecule has 0 bridgehead atoms. The third-order valence-corrected chi connectivity index (χ3v) is 4.12. The van der Waals surface area contributed by atoms with Crippen molar-refractivity contribution in [2.45, 2.75) is 6.92 Å². The van der Waals surface area contributed by atoms with Gasteiger partial charge in [0.25, 0.3) is 5.69 Å². The summed E-state index contributed by atoms with van der Waals surface area (Å²) in [5.74, 6) is 0.810. The van der Waals surface area contributed by atoms with E-state index in [2.05, 4.69) is 12.1 Å². The van der Waals surface area contributed by atoms with Gasteiger partial charge in [0.1, 0.15) is 11.3 Å². The van der Waals surface area contributed by atoms with Crippen molar-refractivity contribution in [3.05, 3.63) is 76.5 Å². The van der Waals surface area contributed by atoms with Gasteiger partial charge in [-0.25, -0.2) is 0 Å². The van der Waals surface area contributed by atoms with E-state index in [1.54, 1.807) is 12.1 Å². The molecule has 0 saturated carbocycles. The van der Waals surface area contributed by atoms with Gasteiger partial charge in [0, 0.05) is 28.5 Å². The molecule has 0 atom stereocenters. The van der Waals surface area contributed by atoms with Crippen molar-refractivity contribution in [2.24, 2.45) is 0 Å².